The molecule has 0 saturated carbocycles. The van der Waals surface area contributed by atoms with Crippen molar-refractivity contribution in [2.45, 2.75) is 50.9 Å². The van der Waals surface area contributed by atoms with E-state index in [1.54, 1.807) is 12.1 Å². The summed E-state index contributed by atoms with van der Waals surface area (Å²) in [5.74, 6) is 0.201. The van der Waals surface area contributed by atoms with E-state index in [0.717, 1.165) is 12.0 Å². The summed E-state index contributed by atoms with van der Waals surface area (Å²) in [6.07, 6.45) is 0.981. The van der Waals surface area contributed by atoms with Crippen LogP contribution in [0.5, 0.6) is 5.75 Å². The average Bonchev–Trinajstić information content (AvgIpc) is 2.61. The molecule has 0 amide bonds. The van der Waals surface area contributed by atoms with Crippen LogP contribution in [0.25, 0.3) is 0 Å². The molecule has 0 bridgehead atoms. The second-order valence-corrected chi connectivity index (χ2v) is 7.88. The second-order valence-electron chi connectivity index (χ2n) is 7.88. The lowest BCUT2D eigenvalue weighted by atomic mass is 9.70. The zero-order valence-electron chi connectivity index (χ0n) is 15.3. The number of rotatable bonds is 2. The van der Waals surface area contributed by atoms with Crippen LogP contribution >= 0.6 is 0 Å². The van der Waals surface area contributed by atoms with Gasteiger partial charge in [0.05, 0.1) is 17.8 Å². The maximum Gasteiger partial charge on any atom is 0.335 e. The highest BCUT2D eigenvalue weighted by molar-refractivity contribution is 5.88. The number of fused-ring (bicyclic) bond motifs is 3. The summed E-state index contributed by atoms with van der Waals surface area (Å²) in [5.41, 5.74) is 2.06. The Labute approximate surface area is 153 Å². The molecule has 4 atom stereocenters. The molecular formula is C22H24O4. The summed E-state index contributed by atoms with van der Waals surface area (Å²) in [7, 11) is 0. The van der Waals surface area contributed by atoms with Gasteiger partial charge in [0, 0.05) is 17.4 Å². The zero-order valence-corrected chi connectivity index (χ0v) is 15.3. The number of hydrogen-bond acceptors (Lipinski definition) is 3. The van der Waals surface area contributed by atoms with Crippen molar-refractivity contribution in [3.8, 4) is 5.75 Å². The molecule has 2 aliphatic rings. The van der Waals surface area contributed by atoms with Crippen molar-refractivity contribution < 1.29 is 19.4 Å². The van der Waals surface area contributed by atoms with Crippen LogP contribution in [0.1, 0.15) is 60.7 Å². The Balaban J connectivity index is 1.71. The lowest BCUT2D eigenvalue weighted by molar-refractivity contribution is -0.153. The van der Waals surface area contributed by atoms with E-state index in [9.17, 15) is 9.90 Å². The van der Waals surface area contributed by atoms with Gasteiger partial charge in [-0.05, 0) is 44.9 Å². The molecule has 26 heavy (non-hydrogen) atoms. The van der Waals surface area contributed by atoms with Crippen LogP contribution in [0, 0.1) is 5.92 Å². The van der Waals surface area contributed by atoms with Gasteiger partial charge < -0.3 is 14.6 Å². The first-order valence-corrected chi connectivity index (χ1v) is 9.13. The van der Waals surface area contributed by atoms with Crippen molar-refractivity contribution in [1.82, 2.24) is 0 Å². The smallest absolute Gasteiger partial charge is 0.335 e. The van der Waals surface area contributed by atoms with Gasteiger partial charge in [0.1, 0.15) is 11.4 Å². The fourth-order valence-electron chi connectivity index (χ4n) is 4.41. The van der Waals surface area contributed by atoms with Gasteiger partial charge in [-0.25, -0.2) is 4.79 Å². The first kappa shape index (κ1) is 17.1. The maximum absolute atomic E-state index is 11.3. The van der Waals surface area contributed by atoms with Crippen LogP contribution in [-0.4, -0.2) is 22.8 Å². The monoisotopic (exact) mass is 352 g/mol. The number of aromatic carboxylic acids is 1. The van der Waals surface area contributed by atoms with Crippen molar-refractivity contribution in [2.75, 3.05) is 0 Å². The van der Waals surface area contributed by atoms with E-state index in [4.69, 9.17) is 9.47 Å². The summed E-state index contributed by atoms with van der Waals surface area (Å²) in [6.45, 7) is 6.27. The number of carboxylic acids is 1. The highest BCUT2D eigenvalue weighted by Crippen LogP contribution is 2.53. The average molecular weight is 352 g/mol. The third-order valence-corrected chi connectivity index (χ3v) is 5.86. The molecular weight excluding hydrogens is 328 g/mol. The SMILES string of the molecule is C[C@@H]1O[C@@H]2c3ccc(C(=O)O)cc3OC(C)(C)[C@H]2C[C@@H]1c1ccccc1. The fraction of sp³-hybridized carbons (Fsp3) is 0.409. The van der Waals surface area contributed by atoms with Gasteiger partial charge in [0.2, 0.25) is 0 Å². The van der Waals surface area contributed by atoms with E-state index in [1.165, 1.54) is 5.56 Å². The van der Waals surface area contributed by atoms with E-state index in [-0.39, 0.29) is 23.7 Å². The largest absolute Gasteiger partial charge is 0.487 e. The van der Waals surface area contributed by atoms with Crippen molar-refractivity contribution in [3.63, 3.8) is 0 Å². The van der Waals surface area contributed by atoms with Gasteiger partial charge in [-0.3, -0.25) is 0 Å². The standard InChI is InChI=1S/C22H24O4/c1-13-17(14-7-5-4-6-8-14)12-18-20(25-13)16-10-9-15(21(23)24)11-19(16)26-22(18,2)3/h4-11,13,17-18,20H,12H2,1-3H3,(H,23,24)/t13-,17-,18-,20+/m0/s1. The quantitative estimate of drug-likeness (QED) is 0.843. The van der Waals surface area contributed by atoms with Crippen LogP contribution in [0.2, 0.25) is 0 Å². The Morgan fingerprint density at radius 1 is 1.15 bits per heavy atom. The molecule has 4 rings (SSSR count). The van der Waals surface area contributed by atoms with Gasteiger partial charge in [-0.15, -0.1) is 0 Å². The van der Waals surface area contributed by atoms with E-state index >= 15 is 0 Å². The third-order valence-electron chi connectivity index (χ3n) is 5.86. The van der Waals surface area contributed by atoms with E-state index in [2.05, 4.69) is 45.0 Å². The van der Waals surface area contributed by atoms with E-state index in [1.807, 2.05) is 12.1 Å². The van der Waals surface area contributed by atoms with Gasteiger partial charge in [0.25, 0.3) is 0 Å². The zero-order chi connectivity index (χ0) is 18.5. The Morgan fingerprint density at radius 2 is 1.88 bits per heavy atom. The number of benzene rings is 2. The van der Waals surface area contributed by atoms with Crippen LogP contribution in [0.15, 0.2) is 48.5 Å². The Bertz CT molecular complexity index is 827. The lowest BCUT2D eigenvalue weighted by Gasteiger charge is -2.50. The maximum atomic E-state index is 11.3. The van der Waals surface area contributed by atoms with Crippen molar-refractivity contribution in [1.29, 1.82) is 0 Å². The first-order chi connectivity index (χ1) is 12.4. The van der Waals surface area contributed by atoms with Gasteiger partial charge >= 0.3 is 5.97 Å². The summed E-state index contributed by atoms with van der Waals surface area (Å²) in [4.78, 5) is 11.3. The topological polar surface area (TPSA) is 55.8 Å². The summed E-state index contributed by atoms with van der Waals surface area (Å²) < 4.78 is 12.7. The summed E-state index contributed by atoms with van der Waals surface area (Å²) >= 11 is 0. The van der Waals surface area contributed by atoms with Crippen molar-refractivity contribution >= 4 is 5.97 Å². The van der Waals surface area contributed by atoms with Crippen molar-refractivity contribution in [2.24, 2.45) is 5.92 Å². The summed E-state index contributed by atoms with van der Waals surface area (Å²) in [6, 6.07) is 15.6. The predicted molar refractivity (Wildman–Crippen MR) is 98.7 cm³/mol. The number of hydrogen-bond donors (Lipinski definition) is 1. The Hall–Kier alpha value is -2.33. The molecule has 0 spiro atoms. The molecule has 2 aromatic carbocycles. The third kappa shape index (κ3) is 2.78. The Morgan fingerprint density at radius 3 is 2.58 bits per heavy atom. The fourth-order valence-corrected chi connectivity index (χ4v) is 4.41. The van der Waals surface area contributed by atoms with Gasteiger partial charge in [0.15, 0.2) is 0 Å². The van der Waals surface area contributed by atoms with Crippen LogP contribution < -0.4 is 4.74 Å². The van der Waals surface area contributed by atoms with Crippen molar-refractivity contribution in [3.05, 3.63) is 65.2 Å². The second kappa shape index (κ2) is 6.13. The molecule has 0 aliphatic carbocycles. The molecule has 0 aromatic heterocycles. The number of carbonyl (C=O) groups is 1. The molecule has 1 N–H and O–H groups in total. The molecule has 1 fully saturated rings. The minimum atomic E-state index is -0.946. The molecule has 0 radical (unpaired) electrons. The van der Waals surface area contributed by atoms with Crippen LogP contribution in [0.4, 0.5) is 0 Å². The molecule has 2 heterocycles. The van der Waals surface area contributed by atoms with Crippen LogP contribution in [-0.2, 0) is 4.74 Å². The molecule has 2 aliphatic heterocycles. The molecule has 1 saturated heterocycles. The highest BCUT2D eigenvalue weighted by atomic mass is 16.5. The number of carboxylic acid groups (broad SMARTS) is 1. The molecule has 0 unspecified atom stereocenters. The highest BCUT2D eigenvalue weighted by Gasteiger charge is 2.49. The van der Waals surface area contributed by atoms with E-state index < -0.39 is 11.6 Å². The Kier molecular flexibility index (Phi) is 4.03. The van der Waals surface area contributed by atoms with Gasteiger partial charge in [-0.2, -0.15) is 0 Å². The predicted octanol–water partition coefficient (Wildman–Crippen LogP) is 4.81. The molecule has 136 valence electrons. The van der Waals surface area contributed by atoms with Gasteiger partial charge in [-0.1, -0.05) is 36.4 Å². The summed E-state index contributed by atoms with van der Waals surface area (Å²) in [5, 5.41) is 9.26. The minimum absolute atomic E-state index is 0.0773. The molecule has 4 heteroatoms. The number of ether oxygens (including phenoxy) is 2. The van der Waals surface area contributed by atoms with Crippen LogP contribution in [0.3, 0.4) is 0 Å². The van der Waals surface area contributed by atoms with E-state index in [0.29, 0.717) is 11.7 Å². The minimum Gasteiger partial charge on any atom is -0.487 e. The first-order valence-electron chi connectivity index (χ1n) is 9.13. The molecule has 4 nitrogen and oxygen atoms in total. The molecule has 2 aromatic rings. The lowest BCUT2D eigenvalue weighted by Crippen LogP contribution is -2.50. The normalized spacial score (nSPS) is 29.2.